The molecule has 0 bridgehead atoms. The second-order valence-electron chi connectivity index (χ2n) is 4.61. The molecule has 4 nitrogen and oxygen atoms in total. The number of rotatable bonds is 2. The van der Waals surface area contributed by atoms with E-state index in [0.717, 1.165) is 11.3 Å². The molecule has 2 rings (SSSR count). The van der Waals surface area contributed by atoms with Crippen molar-refractivity contribution in [2.75, 3.05) is 18.9 Å². The van der Waals surface area contributed by atoms with Gasteiger partial charge < -0.3 is 15.4 Å². The molecule has 1 aliphatic heterocycles. The Labute approximate surface area is 101 Å². The molecule has 1 atom stereocenters. The first kappa shape index (κ1) is 11.9. The molecule has 1 aliphatic rings. The van der Waals surface area contributed by atoms with Gasteiger partial charge in [0.25, 0.3) is 0 Å². The third-order valence-corrected chi connectivity index (χ3v) is 3.00. The lowest BCUT2D eigenvalue weighted by Crippen LogP contribution is -2.46. The first-order valence-corrected chi connectivity index (χ1v) is 5.84. The highest BCUT2D eigenvalue weighted by Gasteiger charge is 2.28. The molecule has 1 amide bonds. The number of hydrogen-bond donors (Lipinski definition) is 1. The van der Waals surface area contributed by atoms with Crippen LogP contribution in [0.15, 0.2) is 24.3 Å². The molecular weight excluding hydrogens is 216 g/mol. The Kier molecular flexibility index (Phi) is 3.33. The number of hydrogen-bond acceptors (Lipinski definition) is 3. The standard InChI is InChI=1S/C13H18N2O2/c1-9(2)15-7-12(17-8-13(15)16)10-4-3-5-11(14)6-10/h3-6,9,12H,7-8,14H2,1-2H3. The quantitative estimate of drug-likeness (QED) is 0.790. The van der Waals surface area contributed by atoms with Crippen LogP contribution in [-0.4, -0.2) is 30.0 Å². The highest BCUT2D eigenvalue weighted by atomic mass is 16.5. The maximum Gasteiger partial charge on any atom is 0.248 e. The van der Waals surface area contributed by atoms with E-state index < -0.39 is 0 Å². The number of ether oxygens (including phenoxy) is 1. The van der Waals surface area contributed by atoms with Gasteiger partial charge in [0.15, 0.2) is 0 Å². The van der Waals surface area contributed by atoms with Gasteiger partial charge in [0.05, 0.1) is 6.54 Å². The Hall–Kier alpha value is -1.55. The molecule has 1 aromatic carbocycles. The van der Waals surface area contributed by atoms with Gasteiger partial charge in [0.2, 0.25) is 5.91 Å². The van der Waals surface area contributed by atoms with E-state index >= 15 is 0 Å². The van der Waals surface area contributed by atoms with Gasteiger partial charge in [-0.1, -0.05) is 12.1 Å². The number of anilines is 1. The number of carbonyl (C=O) groups is 1. The zero-order valence-corrected chi connectivity index (χ0v) is 10.2. The average molecular weight is 234 g/mol. The van der Waals surface area contributed by atoms with Crippen LogP contribution in [-0.2, 0) is 9.53 Å². The topological polar surface area (TPSA) is 55.6 Å². The van der Waals surface area contributed by atoms with Crippen molar-refractivity contribution in [3.05, 3.63) is 29.8 Å². The molecular formula is C13H18N2O2. The number of nitrogen functional groups attached to an aromatic ring is 1. The predicted molar refractivity (Wildman–Crippen MR) is 66.4 cm³/mol. The molecule has 0 radical (unpaired) electrons. The molecule has 1 saturated heterocycles. The predicted octanol–water partition coefficient (Wildman–Crippen LogP) is 1.58. The SMILES string of the molecule is CC(C)N1CC(c2cccc(N)c2)OCC1=O. The summed E-state index contributed by atoms with van der Waals surface area (Å²) in [5.41, 5.74) is 7.50. The van der Waals surface area contributed by atoms with E-state index in [1.165, 1.54) is 0 Å². The fourth-order valence-electron chi connectivity index (χ4n) is 2.05. The van der Waals surface area contributed by atoms with E-state index in [4.69, 9.17) is 10.5 Å². The third kappa shape index (κ3) is 2.58. The van der Waals surface area contributed by atoms with Crippen molar-refractivity contribution in [1.82, 2.24) is 4.90 Å². The summed E-state index contributed by atoms with van der Waals surface area (Å²) >= 11 is 0. The van der Waals surface area contributed by atoms with Crippen molar-refractivity contribution in [3.8, 4) is 0 Å². The molecule has 2 N–H and O–H groups in total. The Morgan fingerprint density at radius 3 is 2.88 bits per heavy atom. The van der Waals surface area contributed by atoms with Crippen LogP contribution < -0.4 is 5.73 Å². The van der Waals surface area contributed by atoms with Crippen molar-refractivity contribution in [2.45, 2.75) is 26.0 Å². The van der Waals surface area contributed by atoms with Crippen molar-refractivity contribution >= 4 is 11.6 Å². The summed E-state index contributed by atoms with van der Waals surface area (Å²) in [5.74, 6) is 0.0557. The minimum atomic E-state index is -0.0707. The monoisotopic (exact) mass is 234 g/mol. The Balaban J connectivity index is 2.16. The van der Waals surface area contributed by atoms with Crippen molar-refractivity contribution < 1.29 is 9.53 Å². The van der Waals surface area contributed by atoms with Gasteiger partial charge in [-0.2, -0.15) is 0 Å². The van der Waals surface area contributed by atoms with Crippen LogP contribution in [0, 0.1) is 0 Å². The fourth-order valence-corrected chi connectivity index (χ4v) is 2.05. The molecule has 92 valence electrons. The Morgan fingerprint density at radius 2 is 2.24 bits per heavy atom. The number of nitrogens with two attached hydrogens (primary N) is 1. The molecule has 4 heteroatoms. The highest BCUT2D eigenvalue weighted by molar-refractivity contribution is 5.78. The summed E-state index contributed by atoms with van der Waals surface area (Å²) in [4.78, 5) is 13.5. The van der Waals surface area contributed by atoms with Gasteiger partial charge in [-0.05, 0) is 31.5 Å². The molecule has 1 aromatic rings. The summed E-state index contributed by atoms with van der Waals surface area (Å²) in [6.45, 7) is 4.77. The van der Waals surface area contributed by atoms with Gasteiger partial charge in [0.1, 0.15) is 12.7 Å². The zero-order chi connectivity index (χ0) is 12.4. The molecule has 17 heavy (non-hydrogen) atoms. The van der Waals surface area contributed by atoms with E-state index in [1.54, 1.807) is 0 Å². The van der Waals surface area contributed by atoms with Gasteiger partial charge >= 0.3 is 0 Å². The number of carbonyl (C=O) groups excluding carboxylic acids is 1. The Bertz CT molecular complexity index is 418. The summed E-state index contributed by atoms with van der Waals surface area (Å²) in [5, 5.41) is 0. The number of benzene rings is 1. The first-order chi connectivity index (χ1) is 8.08. The van der Waals surface area contributed by atoms with Gasteiger partial charge in [-0.15, -0.1) is 0 Å². The van der Waals surface area contributed by atoms with Crippen molar-refractivity contribution in [3.63, 3.8) is 0 Å². The lowest BCUT2D eigenvalue weighted by molar-refractivity contribution is -0.151. The van der Waals surface area contributed by atoms with Crippen LogP contribution in [0.3, 0.4) is 0 Å². The molecule has 0 spiro atoms. The second-order valence-corrected chi connectivity index (χ2v) is 4.61. The van der Waals surface area contributed by atoms with Crippen molar-refractivity contribution in [1.29, 1.82) is 0 Å². The number of amides is 1. The number of nitrogens with zero attached hydrogens (tertiary/aromatic N) is 1. The van der Waals surface area contributed by atoms with Crippen LogP contribution >= 0.6 is 0 Å². The maximum absolute atomic E-state index is 11.7. The maximum atomic E-state index is 11.7. The van der Waals surface area contributed by atoms with E-state index in [-0.39, 0.29) is 24.7 Å². The molecule has 0 aliphatic carbocycles. The van der Waals surface area contributed by atoms with Crippen LogP contribution in [0.5, 0.6) is 0 Å². The lowest BCUT2D eigenvalue weighted by atomic mass is 10.1. The second kappa shape index (κ2) is 4.75. The largest absolute Gasteiger partial charge is 0.399 e. The third-order valence-electron chi connectivity index (χ3n) is 3.00. The summed E-state index contributed by atoms with van der Waals surface area (Å²) in [7, 11) is 0. The lowest BCUT2D eigenvalue weighted by Gasteiger charge is -2.35. The normalized spacial score (nSPS) is 21.0. The van der Waals surface area contributed by atoms with E-state index in [9.17, 15) is 4.79 Å². The first-order valence-electron chi connectivity index (χ1n) is 5.84. The summed E-state index contributed by atoms with van der Waals surface area (Å²) in [6, 6.07) is 7.84. The number of morpholine rings is 1. The van der Waals surface area contributed by atoms with Crippen LogP contribution in [0.4, 0.5) is 5.69 Å². The molecule has 0 aromatic heterocycles. The molecule has 1 heterocycles. The van der Waals surface area contributed by atoms with E-state index in [0.29, 0.717) is 6.54 Å². The molecule has 1 unspecified atom stereocenters. The summed E-state index contributed by atoms with van der Waals surface area (Å²) < 4.78 is 5.56. The highest BCUT2D eigenvalue weighted by Crippen LogP contribution is 2.25. The fraction of sp³-hybridized carbons (Fsp3) is 0.462. The zero-order valence-electron chi connectivity index (χ0n) is 10.2. The van der Waals surface area contributed by atoms with Crippen LogP contribution in [0.25, 0.3) is 0 Å². The van der Waals surface area contributed by atoms with Crippen LogP contribution in [0.1, 0.15) is 25.5 Å². The Morgan fingerprint density at radius 1 is 1.47 bits per heavy atom. The minimum absolute atomic E-state index is 0.0557. The van der Waals surface area contributed by atoms with Gasteiger partial charge in [-0.25, -0.2) is 0 Å². The minimum Gasteiger partial charge on any atom is -0.399 e. The van der Waals surface area contributed by atoms with E-state index in [1.807, 2.05) is 43.0 Å². The summed E-state index contributed by atoms with van der Waals surface area (Å²) in [6.07, 6.45) is -0.0707. The van der Waals surface area contributed by atoms with Gasteiger partial charge in [0, 0.05) is 11.7 Å². The van der Waals surface area contributed by atoms with Crippen LogP contribution in [0.2, 0.25) is 0 Å². The molecule has 1 fully saturated rings. The van der Waals surface area contributed by atoms with Crippen molar-refractivity contribution in [2.24, 2.45) is 0 Å². The smallest absolute Gasteiger partial charge is 0.248 e. The average Bonchev–Trinajstić information content (AvgIpc) is 2.29. The van der Waals surface area contributed by atoms with Gasteiger partial charge in [-0.3, -0.25) is 4.79 Å². The van der Waals surface area contributed by atoms with E-state index in [2.05, 4.69) is 0 Å². The molecule has 0 saturated carbocycles.